The predicted octanol–water partition coefficient (Wildman–Crippen LogP) is 2.52. The van der Waals surface area contributed by atoms with E-state index in [9.17, 15) is 4.79 Å². The fourth-order valence-electron chi connectivity index (χ4n) is 2.86. The first-order valence-electron chi connectivity index (χ1n) is 5.36. The lowest BCUT2D eigenvalue weighted by molar-refractivity contribution is -0.157. The van der Waals surface area contributed by atoms with Crippen LogP contribution < -0.4 is 0 Å². The van der Waals surface area contributed by atoms with Crippen molar-refractivity contribution in [2.24, 2.45) is 11.8 Å². The minimum atomic E-state index is -0.0747. The molecule has 2 aliphatic rings. The minimum Gasteiger partial charge on any atom is -0.459 e. The highest BCUT2D eigenvalue weighted by molar-refractivity contribution is 5.72. The fraction of sp³-hybridized carbons (Fsp3) is 0.909. The van der Waals surface area contributed by atoms with E-state index in [1.165, 1.54) is 12.8 Å². The molecule has 74 valence electrons. The van der Waals surface area contributed by atoms with Gasteiger partial charge in [0.2, 0.25) is 0 Å². The predicted molar refractivity (Wildman–Crippen MR) is 50.2 cm³/mol. The molecule has 0 amide bonds. The van der Waals surface area contributed by atoms with Gasteiger partial charge in [-0.05, 0) is 31.1 Å². The normalized spacial score (nSPS) is 45.2. The fourth-order valence-corrected chi connectivity index (χ4v) is 2.86. The van der Waals surface area contributed by atoms with E-state index in [2.05, 4.69) is 13.8 Å². The largest absolute Gasteiger partial charge is 0.459 e. The Hall–Kier alpha value is -0.530. The summed E-state index contributed by atoms with van der Waals surface area (Å²) in [6, 6.07) is 0. The van der Waals surface area contributed by atoms with E-state index in [-0.39, 0.29) is 11.6 Å². The quantitative estimate of drug-likeness (QED) is 0.538. The Balaban J connectivity index is 2.16. The van der Waals surface area contributed by atoms with E-state index < -0.39 is 0 Å². The Morgan fingerprint density at radius 2 is 2.15 bits per heavy atom. The first kappa shape index (κ1) is 9.04. The van der Waals surface area contributed by atoms with Crippen molar-refractivity contribution in [3.63, 3.8) is 0 Å². The van der Waals surface area contributed by atoms with Crippen LogP contribution >= 0.6 is 0 Å². The summed E-state index contributed by atoms with van der Waals surface area (Å²) in [6.45, 7) is 4.51. The summed E-state index contributed by atoms with van der Waals surface area (Å²) < 4.78 is 5.53. The van der Waals surface area contributed by atoms with Gasteiger partial charge >= 0.3 is 5.97 Å². The van der Waals surface area contributed by atoms with Crippen LogP contribution in [-0.4, -0.2) is 11.6 Å². The first-order valence-corrected chi connectivity index (χ1v) is 5.36. The highest BCUT2D eigenvalue weighted by Crippen LogP contribution is 2.46. The molecule has 0 aromatic carbocycles. The van der Waals surface area contributed by atoms with Crippen LogP contribution in [-0.2, 0) is 9.53 Å². The second-order valence-electron chi connectivity index (χ2n) is 4.70. The van der Waals surface area contributed by atoms with Crippen molar-refractivity contribution in [2.45, 2.75) is 51.6 Å². The Labute approximate surface area is 79.7 Å². The van der Waals surface area contributed by atoms with Crippen LogP contribution in [0.3, 0.4) is 0 Å². The lowest BCUT2D eigenvalue weighted by Crippen LogP contribution is -2.42. The molecule has 0 radical (unpaired) electrons. The van der Waals surface area contributed by atoms with Crippen molar-refractivity contribution in [1.29, 1.82) is 0 Å². The van der Waals surface area contributed by atoms with Gasteiger partial charge in [-0.25, -0.2) is 0 Å². The lowest BCUT2D eigenvalue weighted by atomic mass is 9.69. The number of esters is 1. The molecule has 1 aliphatic carbocycles. The van der Waals surface area contributed by atoms with Crippen LogP contribution in [0.15, 0.2) is 0 Å². The number of rotatable bonds is 0. The van der Waals surface area contributed by atoms with Gasteiger partial charge in [0.1, 0.15) is 5.60 Å². The van der Waals surface area contributed by atoms with Crippen LogP contribution in [0.5, 0.6) is 0 Å². The molecule has 1 aliphatic heterocycles. The summed E-state index contributed by atoms with van der Waals surface area (Å²) >= 11 is 0. The number of carbonyl (C=O) groups excluding carboxylic acids is 1. The smallest absolute Gasteiger partial charge is 0.306 e. The second-order valence-corrected chi connectivity index (χ2v) is 4.70. The second kappa shape index (κ2) is 3.00. The van der Waals surface area contributed by atoms with Gasteiger partial charge in [0.05, 0.1) is 0 Å². The molecule has 1 heterocycles. The van der Waals surface area contributed by atoms with Crippen LogP contribution in [0, 0.1) is 11.8 Å². The molecule has 3 unspecified atom stereocenters. The maximum atomic E-state index is 11.1. The Kier molecular flexibility index (Phi) is 2.09. The molecule has 1 saturated heterocycles. The van der Waals surface area contributed by atoms with Crippen molar-refractivity contribution in [1.82, 2.24) is 0 Å². The zero-order valence-corrected chi connectivity index (χ0v) is 8.51. The third kappa shape index (κ3) is 1.36. The number of hydrogen-bond donors (Lipinski definition) is 0. The molecule has 2 nitrogen and oxygen atoms in total. The maximum absolute atomic E-state index is 11.1. The molecule has 0 aromatic rings. The zero-order valence-electron chi connectivity index (χ0n) is 8.51. The highest BCUT2D eigenvalue weighted by atomic mass is 16.6. The van der Waals surface area contributed by atoms with Crippen LogP contribution in [0.2, 0.25) is 0 Å². The summed E-state index contributed by atoms with van der Waals surface area (Å²) in [5.74, 6) is 1.27. The van der Waals surface area contributed by atoms with Gasteiger partial charge in [-0.3, -0.25) is 4.79 Å². The SMILES string of the molecule is CC1CCCC2(CCC(=O)O2)C1C. The molecule has 0 aromatic heterocycles. The van der Waals surface area contributed by atoms with Crippen molar-refractivity contribution in [2.75, 3.05) is 0 Å². The monoisotopic (exact) mass is 182 g/mol. The summed E-state index contributed by atoms with van der Waals surface area (Å²) in [7, 11) is 0. The topological polar surface area (TPSA) is 26.3 Å². The van der Waals surface area contributed by atoms with Crippen LogP contribution in [0.1, 0.15) is 46.0 Å². The average Bonchev–Trinajstić information content (AvgIpc) is 2.45. The van der Waals surface area contributed by atoms with E-state index >= 15 is 0 Å². The van der Waals surface area contributed by atoms with E-state index in [1.807, 2.05) is 0 Å². The molecule has 2 fully saturated rings. The molecule has 2 rings (SSSR count). The van der Waals surface area contributed by atoms with E-state index in [1.54, 1.807) is 0 Å². The van der Waals surface area contributed by atoms with Gasteiger partial charge in [0, 0.05) is 6.42 Å². The minimum absolute atomic E-state index is 0.0148. The van der Waals surface area contributed by atoms with Gasteiger partial charge in [0.15, 0.2) is 0 Å². The molecule has 1 spiro atoms. The summed E-state index contributed by atoms with van der Waals surface area (Å²) in [4.78, 5) is 11.1. The molecule has 1 saturated carbocycles. The molecule has 3 atom stereocenters. The first-order chi connectivity index (χ1) is 6.14. The van der Waals surface area contributed by atoms with E-state index in [4.69, 9.17) is 4.74 Å². The van der Waals surface area contributed by atoms with E-state index in [0.29, 0.717) is 18.3 Å². The van der Waals surface area contributed by atoms with Crippen molar-refractivity contribution in [3.8, 4) is 0 Å². The van der Waals surface area contributed by atoms with Crippen molar-refractivity contribution >= 4 is 5.97 Å². The maximum Gasteiger partial charge on any atom is 0.306 e. The number of hydrogen-bond acceptors (Lipinski definition) is 2. The molecule has 13 heavy (non-hydrogen) atoms. The van der Waals surface area contributed by atoms with Crippen LogP contribution in [0.4, 0.5) is 0 Å². The third-order valence-corrected chi connectivity index (χ3v) is 4.01. The Bertz CT molecular complexity index is 224. The standard InChI is InChI=1S/C11H18O2/c1-8-4-3-6-11(9(8)2)7-5-10(12)13-11/h8-9H,3-7H2,1-2H3. The Morgan fingerprint density at radius 1 is 1.38 bits per heavy atom. The van der Waals surface area contributed by atoms with Crippen LogP contribution in [0.25, 0.3) is 0 Å². The highest BCUT2D eigenvalue weighted by Gasteiger charge is 2.48. The number of carbonyl (C=O) groups is 1. The van der Waals surface area contributed by atoms with Crippen molar-refractivity contribution < 1.29 is 9.53 Å². The third-order valence-electron chi connectivity index (χ3n) is 4.01. The zero-order chi connectivity index (χ0) is 9.47. The van der Waals surface area contributed by atoms with Gasteiger partial charge in [-0.1, -0.05) is 20.3 Å². The summed E-state index contributed by atoms with van der Waals surface area (Å²) in [6.07, 6.45) is 5.19. The van der Waals surface area contributed by atoms with E-state index in [0.717, 1.165) is 12.8 Å². The molecule has 2 heteroatoms. The van der Waals surface area contributed by atoms with Gasteiger partial charge in [-0.15, -0.1) is 0 Å². The average molecular weight is 182 g/mol. The molecular formula is C11H18O2. The van der Waals surface area contributed by atoms with Gasteiger partial charge in [0.25, 0.3) is 0 Å². The molecular weight excluding hydrogens is 164 g/mol. The molecule has 0 bridgehead atoms. The summed E-state index contributed by atoms with van der Waals surface area (Å²) in [5, 5.41) is 0. The number of ether oxygens (including phenoxy) is 1. The van der Waals surface area contributed by atoms with Crippen molar-refractivity contribution in [3.05, 3.63) is 0 Å². The van der Waals surface area contributed by atoms with Gasteiger partial charge < -0.3 is 4.74 Å². The Morgan fingerprint density at radius 3 is 2.77 bits per heavy atom. The lowest BCUT2D eigenvalue weighted by Gasteiger charge is -2.41. The summed E-state index contributed by atoms with van der Waals surface area (Å²) in [5.41, 5.74) is -0.0747. The van der Waals surface area contributed by atoms with Gasteiger partial charge in [-0.2, -0.15) is 0 Å². The molecule has 0 N–H and O–H groups in total.